The van der Waals surface area contributed by atoms with Crippen LogP contribution in [0.5, 0.6) is 0 Å². The predicted octanol–water partition coefficient (Wildman–Crippen LogP) is 2.95. The van der Waals surface area contributed by atoms with Crippen LogP contribution in [0.15, 0.2) is 21.5 Å². The summed E-state index contributed by atoms with van der Waals surface area (Å²) in [5, 5.41) is -0.212. The molecule has 2 amide bonds. The fraction of sp³-hybridized carbons (Fsp3) is 0.500. The van der Waals surface area contributed by atoms with Gasteiger partial charge in [0.05, 0.1) is 18.1 Å². The molecule has 0 radical (unpaired) electrons. The molecule has 23 heavy (non-hydrogen) atoms. The summed E-state index contributed by atoms with van der Waals surface area (Å²) >= 11 is 0.970. The van der Waals surface area contributed by atoms with Gasteiger partial charge >= 0.3 is 0 Å². The third kappa shape index (κ3) is 3.30. The number of rotatable bonds is 4. The van der Waals surface area contributed by atoms with Gasteiger partial charge in [-0.05, 0) is 31.2 Å². The Bertz CT molecular complexity index is 634. The highest BCUT2D eigenvalue weighted by molar-refractivity contribution is 8.18. The Morgan fingerprint density at radius 1 is 1.30 bits per heavy atom. The van der Waals surface area contributed by atoms with E-state index in [0.29, 0.717) is 23.9 Å². The van der Waals surface area contributed by atoms with Crippen LogP contribution < -0.4 is 4.90 Å². The Kier molecular flexibility index (Phi) is 4.77. The lowest BCUT2D eigenvalue weighted by Crippen LogP contribution is -2.36. The average molecular weight is 336 g/mol. The van der Waals surface area contributed by atoms with Crippen molar-refractivity contribution in [1.29, 1.82) is 0 Å². The van der Waals surface area contributed by atoms with Crippen LogP contribution in [0.3, 0.4) is 0 Å². The maximum Gasteiger partial charge on any atom is 0.293 e. The van der Waals surface area contributed by atoms with Crippen molar-refractivity contribution in [3.05, 3.63) is 22.8 Å². The molecule has 0 aromatic carbocycles. The Labute approximate surface area is 139 Å². The Balaban J connectivity index is 1.76. The highest BCUT2D eigenvalue weighted by Crippen LogP contribution is 2.34. The minimum absolute atomic E-state index is 0.0890. The fourth-order valence-corrected chi connectivity index (χ4v) is 3.46. The van der Waals surface area contributed by atoms with Crippen molar-refractivity contribution in [3.63, 3.8) is 0 Å². The normalized spacial score (nSPS) is 22.3. The first-order chi connectivity index (χ1) is 11.1. The third-order valence-corrected chi connectivity index (χ3v) is 4.95. The van der Waals surface area contributed by atoms with E-state index >= 15 is 0 Å². The molecule has 1 unspecified atom stereocenters. The predicted molar refractivity (Wildman–Crippen MR) is 89.3 cm³/mol. The zero-order chi connectivity index (χ0) is 16.4. The number of carbonyl (C=O) groups excluding carboxylic acids is 2. The Morgan fingerprint density at radius 2 is 2.04 bits per heavy atom. The molecule has 0 bridgehead atoms. The van der Waals surface area contributed by atoms with E-state index in [4.69, 9.17) is 9.15 Å². The summed E-state index contributed by atoms with van der Waals surface area (Å²) in [4.78, 5) is 28.2. The van der Waals surface area contributed by atoms with Crippen LogP contribution in [0.2, 0.25) is 0 Å². The van der Waals surface area contributed by atoms with Crippen molar-refractivity contribution in [2.75, 3.05) is 31.2 Å². The minimum Gasteiger partial charge on any atom is -0.441 e. The Morgan fingerprint density at radius 3 is 2.74 bits per heavy atom. The summed E-state index contributed by atoms with van der Waals surface area (Å²) in [6.45, 7) is 6.78. The minimum atomic E-state index is -0.237. The van der Waals surface area contributed by atoms with Crippen molar-refractivity contribution in [1.82, 2.24) is 4.90 Å². The second kappa shape index (κ2) is 6.80. The lowest BCUT2D eigenvalue weighted by atomic mass is 10.2. The molecule has 0 aliphatic carbocycles. The number of morpholine rings is 1. The number of ether oxygens (including phenoxy) is 1. The van der Waals surface area contributed by atoms with Gasteiger partial charge in [0, 0.05) is 31.3 Å². The zero-order valence-corrected chi connectivity index (χ0v) is 14.1. The first-order valence-electron chi connectivity index (χ1n) is 7.79. The highest BCUT2D eigenvalue weighted by Gasteiger charge is 2.37. The standard InChI is InChI=1S/C16H20N2O4S/c1-3-11(2)18-15(19)13(23-16(18)20)10-12-4-5-14(22-12)17-6-8-21-9-7-17/h4-5,10-11H,3,6-9H2,1-2H3/b13-10+. The van der Waals surface area contributed by atoms with E-state index in [1.807, 2.05) is 26.0 Å². The van der Waals surface area contributed by atoms with Gasteiger partial charge in [0.25, 0.3) is 11.1 Å². The van der Waals surface area contributed by atoms with Gasteiger partial charge in [-0.15, -0.1) is 0 Å². The summed E-state index contributed by atoms with van der Waals surface area (Å²) < 4.78 is 11.1. The summed E-state index contributed by atoms with van der Waals surface area (Å²) in [6, 6.07) is 3.62. The molecular formula is C16H20N2O4S. The van der Waals surface area contributed by atoms with Crippen LogP contribution in [0.4, 0.5) is 10.7 Å². The number of nitrogens with zero attached hydrogens (tertiary/aromatic N) is 2. The van der Waals surface area contributed by atoms with Crippen LogP contribution >= 0.6 is 11.8 Å². The van der Waals surface area contributed by atoms with Crippen molar-refractivity contribution in [2.45, 2.75) is 26.3 Å². The van der Waals surface area contributed by atoms with Crippen molar-refractivity contribution < 1.29 is 18.7 Å². The van der Waals surface area contributed by atoms with Crippen molar-refractivity contribution in [3.8, 4) is 0 Å². The number of hydrogen-bond donors (Lipinski definition) is 0. The number of thioether (sulfide) groups is 1. The van der Waals surface area contributed by atoms with Gasteiger partial charge in [-0.25, -0.2) is 0 Å². The van der Waals surface area contributed by atoms with Gasteiger partial charge in [-0.2, -0.15) is 0 Å². The van der Waals surface area contributed by atoms with Gasteiger partial charge in [0.1, 0.15) is 5.76 Å². The maximum atomic E-state index is 12.4. The average Bonchev–Trinajstić information content (AvgIpc) is 3.13. The van der Waals surface area contributed by atoms with Crippen molar-refractivity contribution >= 4 is 34.9 Å². The molecule has 124 valence electrons. The van der Waals surface area contributed by atoms with Gasteiger partial charge in [-0.3, -0.25) is 14.5 Å². The molecule has 1 aromatic rings. The number of amides is 2. The summed E-state index contributed by atoms with van der Waals surface area (Å²) in [7, 11) is 0. The summed E-state index contributed by atoms with van der Waals surface area (Å²) in [5.74, 6) is 1.11. The molecule has 3 rings (SSSR count). The molecule has 3 heterocycles. The fourth-order valence-electron chi connectivity index (χ4n) is 2.55. The lowest BCUT2D eigenvalue weighted by molar-refractivity contribution is -0.124. The first kappa shape index (κ1) is 16.1. The van der Waals surface area contributed by atoms with Gasteiger partial charge in [-0.1, -0.05) is 6.92 Å². The van der Waals surface area contributed by atoms with E-state index < -0.39 is 0 Å². The molecule has 2 aliphatic rings. The van der Waals surface area contributed by atoms with Crippen LogP contribution in [0.1, 0.15) is 26.0 Å². The number of carbonyl (C=O) groups is 2. The quantitative estimate of drug-likeness (QED) is 0.788. The van der Waals surface area contributed by atoms with E-state index in [1.165, 1.54) is 4.90 Å². The lowest BCUT2D eigenvalue weighted by Gasteiger charge is -2.26. The van der Waals surface area contributed by atoms with Gasteiger partial charge < -0.3 is 14.1 Å². The molecule has 6 nitrogen and oxygen atoms in total. The van der Waals surface area contributed by atoms with Gasteiger partial charge in [0.15, 0.2) is 5.88 Å². The second-order valence-corrected chi connectivity index (χ2v) is 6.58. The molecule has 0 saturated carbocycles. The molecule has 1 aromatic heterocycles. The van der Waals surface area contributed by atoms with Crippen LogP contribution in [0, 0.1) is 0 Å². The summed E-state index contributed by atoms with van der Waals surface area (Å²) in [5.41, 5.74) is 0. The van der Waals surface area contributed by atoms with Gasteiger partial charge in [0.2, 0.25) is 0 Å². The van der Waals surface area contributed by atoms with E-state index in [-0.39, 0.29) is 17.2 Å². The van der Waals surface area contributed by atoms with Crippen LogP contribution in [-0.4, -0.2) is 48.4 Å². The van der Waals surface area contributed by atoms with E-state index in [9.17, 15) is 9.59 Å². The summed E-state index contributed by atoms with van der Waals surface area (Å²) in [6.07, 6.45) is 2.39. The molecule has 7 heteroatoms. The van der Waals surface area contributed by atoms with Crippen LogP contribution in [-0.2, 0) is 9.53 Å². The molecule has 2 saturated heterocycles. The maximum absolute atomic E-state index is 12.4. The largest absolute Gasteiger partial charge is 0.441 e. The number of anilines is 1. The van der Waals surface area contributed by atoms with E-state index in [1.54, 1.807) is 6.08 Å². The Hall–Kier alpha value is -1.73. The van der Waals surface area contributed by atoms with E-state index in [2.05, 4.69) is 4.90 Å². The number of imide groups is 1. The molecule has 0 N–H and O–H groups in total. The second-order valence-electron chi connectivity index (χ2n) is 5.58. The topological polar surface area (TPSA) is 63.0 Å². The molecule has 1 atom stereocenters. The van der Waals surface area contributed by atoms with Crippen LogP contribution in [0.25, 0.3) is 6.08 Å². The zero-order valence-electron chi connectivity index (χ0n) is 13.3. The molecule has 2 fully saturated rings. The number of furan rings is 1. The molecule has 0 spiro atoms. The first-order valence-corrected chi connectivity index (χ1v) is 8.61. The third-order valence-electron chi connectivity index (χ3n) is 4.06. The smallest absolute Gasteiger partial charge is 0.293 e. The highest BCUT2D eigenvalue weighted by atomic mass is 32.2. The number of hydrogen-bond acceptors (Lipinski definition) is 6. The molecular weight excluding hydrogens is 316 g/mol. The SMILES string of the molecule is CCC(C)N1C(=O)S/C(=C/c2ccc(N3CCOCC3)o2)C1=O. The van der Waals surface area contributed by atoms with E-state index in [0.717, 1.165) is 37.2 Å². The van der Waals surface area contributed by atoms with Crippen molar-refractivity contribution in [2.24, 2.45) is 0 Å². The monoisotopic (exact) mass is 336 g/mol. The molecule has 2 aliphatic heterocycles.